The summed E-state index contributed by atoms with van der Waals surface area (Å²) in [4.78, 5) is 30.7. The van der Waals surface area contributed by atoms with Gasteiger partial charge in [-0.3, -0.25) is 14.5 Å². The van der Waals surface area contributed by atoms with Crippen LogP contribution in [-0.4, -0.2) is 17.6 Å². The van der Waals surface area contributed by atoms with E-state index in [1.807, 2.05) is 50.2 Å². The van der Waals surface area contributed by atoms with Crippen LogP contribution in [0.1, 0.15) is 73.7 Å². The highest BCUT2D eigenvalue weighted by Gasteiger charge is 2.38. The van der Waals surface area contributed by atoms with E-state index in [0.717, 1.165) is 33.6 Å². The molecular formula is C27H31N3O2. The summed E-state index contributed by atoms with van der Waals surface area (Å²) in [5.74, 6) is 0.754. The number of hydrogen-bond donors (Lipinski definition) is 1. The molecule has 0 fully saturated rings. The van der Waals surface area contributed by atoms with Crippen LogP contribution in [0.3, 0.4) is 0 Å². The highest BCUT2D eigenvalue weighted by molar-refractivity contribution is 6.40. The molecule has 3 aromatic carbocycles. The number of fused-ring (bicyclic) bond motifs is 4. The molecule has 2 aliphatic heterocycles. The fourth-order valence-electron chi connectivity index (χ4n) is 4.01. The molecule has 32 heavy (non-hydrogen) atoms. The number of amides is 2. The van der Waals surface area contributed by atoms with Crippen LogP contribution in [0.15, 0.2) is 59.6 Å². The van der Waals surface area contributed by atoms with Gasteiger partial charge in [-0.25, -0.2) is 4.99 Å². The van der Waals surface area contributed by atoms with Crippen molar-refractivity contribution >= 4 is 39.8 Å². The quantitative estimate of drug-likeness (QED) is 0.519. The summed E-state index contributed by atoms with van der Waals surface area (Å²) in [5, 5.41) is 1.99. The van der Waals surface area contributed by atoms with Gasteiger partial charge >= 0.3 is 0 Å². The van der Waals surface area contributed by atoms with E-state index in [2.05, 4.69) is 20.8 Å². The van der Waals surface area contributed by atoms with Gasteiger partial charge in [-0.15, -0.1) is 0 Å². The Labute approximate surface area is 190 Å². The van der Waals surface area contributed by atoms with E-state index in [9.17, 15) is 9.59 Å². The average molecular weight is 430 g/mol. The van der Waals surface area contributed by atoms with E-state index in [4.69, 9.17) is 10.7 Å². The second-order valence-corrected chi connectivity index (χ2v) is 8.04. The monoisotopic (exact) mass is 429 g/mol. The summed E-state index contributed by atoms with van der Waals surface area (Å²) < 4.78 is 0. The van der Waals surface area contributed by atoms with Crippen molar-refractivity contribution in [2.45, 2.75) is 47.5 Å². The third-order valence-electron chi connectivity index (χ3n) is 5.38. The van der Waals surface area contributed by atoms with Crippen molar-refractivity contribution in [3.63, 3.8) is 0 Å². The molecule has 5 heteroatoms. The molecule has 5 rings (SSSR count). The van der Waals surface area contributed by atoms with Crippen LogP contribution in [-0.2, 0) is 0 Å². The van der Waals surface area contributed by atoms with Crippen LogP contribution in [0.25, 0.3) is 10.8 Å². The Hall–Kier alpha value is -3.47. The Kier molecular flexibility index (Phi) is 7.08. The van der Waals surface area contributed by atoms with Gasteiger partial charge in [0, 0.05) is 16.5 Å². The molecule has 3 aromatic rings. The summed E-state index contributed by atoms with van der Waals surface area (Å²) in [6, 6.07) is 16.6. The molecule has 0 saturated carbocycles. The number of rotatable bonds is 3. The number of hydrogen-bond acceptors (Lipinski definition) is 3. The second kappa shape index (κ2) is 9.77. The molecule has 0 aliphatic carbocycles. The maximum atomic E-state index is 12.9. The zero-order valence-electron chi connectivity index (χ0n) is 19.5. The summed E-state index contributed by atoms with van der Waals surface area (Å²) >= 11 is 0. The standard InChI is InChI=1S/C19H11N3O2.C6H14.C2H6/c20-17(23)11-7-8-12-13(9-11)19(24)22-15-6-2-4-10-3-1-5-14(16(10)15)21-18(12)22;1-4-5-6(2)3;1-2/h1-9H,(H2,20,23);6H,4-5H2,1-3H3;1-2H3. The Morgan fingerprint density at radius 2 is 1.72 bits per heavy atom. The number of amidine groups is 1. The van der Waals surface area contributed by atoms with Gasteiger partial charge < -0.3 is 5.73 Å². The fraction of sp³-hybridized carbons (Fsp3) is 0.296. The van der Waals surface area contributed by atoms with Crippen LogP contribution in [0.5, 0.6) is 0 Å². The van der Waals surface area contributed by atoms with Crippen molar-refractivity contribution in [1.29, 1.82) is 0 Å². The van der Waals surface area contributed by atoms with Crippen LogP contribution < -0.4 is 10.6 Å². The largest absolute Gasteiger partial charge is 0.366 e. The van der Waals surface area contributed by atoms with Crippen molar-refractivity contribution in [2.24, 2.45) is 16.6 Å². The van der Waals surface area contributed by atoms with Gasteiger partial charge in [-0.05, 0) is 41.6 Å². The third kappa shape index (κ3) is 4.15. The molecule has 5 nitrogen and oxygen atoms in total. The van der Waals surface area contributed by atoms with Gasteiger partial charge in [0.1, 0.15) is 5.84 Å². The van der Waals surface area contributed by atoms with E-state index in [1.54, 1.807) is 23.1 Å². The maximum Gasteiger partial charge on any atom is 0.264 e. The van der Waals surface area contributed by atoms with Crippen molar-refractivity contribution < 1.29 is 9.59 Å². The predicted molar refractivity (Wildman–Crippen MR) is 133 cm³/mol. The first-order chi connectivity index (χ1) is 15.4. The van der Waals surface area contributed by atoms with E-state index in [1.165, 1.54) is 12.8 Å². The molecule has 2 aliphatic rings. The molecule has 0 bridgehead atoms. The van der Waals surface area contributed by atoms with Gasteiger partial charge in [0.2, 0.25) is 5.91 Å². The van der Waals surface area contributed by atoms with Gasteiger partial charge in [0.25, 0.3) is 5.91 Å². The molecule has 2 heterocycles. The van der Waals surface area contributed by atoms with Crippen LogP contribution >= 0.6 is 0 Å². The minimum absolute atomic E-state index is 0.186. The van der Waals surface area contributed by atoms with Gasteiger partial charge in [-0.1, -0.05) is 71.7 Å². The first-order valence-electron chi connectivity index (χ1n) is 11.3. The number of carbonyl (C=O) groups excluding carboxylic acids is 2. The molecule has 0 saturated heterocycles. The van der Waals surface area contributed by atoms with Crippen molar-refractivity contribution in [3.05, 3.63) is 71.3 Å². The number of anilines is 1. The molecule has 0 spiro atoms. The third-order valence-corrected chi connectivity index (χ3v) is 5.38. The number of aliphatic imine (C=N–C) groups is 1. The lowest BCUT2D eigenvalue weighted by molar-refractivity contribution is 0.1000. The molecule has 2 N–H and O–H groups in total. The minimum atomic E-state index is -0.553. The number of nitrogens with two attached hydrogens (primary N) is 1. The first-order valence-corrected chi connectivity index (χ1v) is 11.3. The Morgan fingerprint density at radius 1 is 1.03 bits per heavy atom. The topological polar surface area (TPSA) is 75.8 Å². The number of benzene rings is 3. The van der Waals surface area contributed by atoms with Gasteiger partial charge in [-0.2, -0.15) is 0 Å². The zero-order chi connectivity index (χ0) is 23.4. The van der Waals surface area contributed by atoms with E-state index in [0.29, 0.717) is 17.0 Å². The molecule has 0 aromatic heterocycles. The Balaban J connectivity index is 0.000000317. The summed E-state index contributed by atoms with van der Waals surface area (Å²) in [6.45, 7) is 10.7. The van der Waals surface area contributed by atoms with Crippen molar-refractivity contribution in [3.8, 4) is 0 Å². The van der Waals surface area contributed by atoms with Crippen LogP contribution in [0, 0.1) is 5.92 Å². The molecular weight excluding hydrogens is 398 g/mol. The number of nitrogens with zero attached hydrogens (tertiary/aromatic N) is 2. The van der Waals surface area contributed by atoms with Gasteiger partial charge in [0.15, 0.2) is 0 Å². The summed E-state index contributed by atoms with van der Waals surface area (Å²) in [5.41, 5.74) is 8.48. The first kappa shape index (κ1) is 23.2. The molecule has 166 valence electrons. The maximum absolute atomic E-state index is 12.9. The lowest BCUT2D eigenvalue weighted by Gasteiger charge is -2.24. The molecule has 0 atom stereocenters. The Morgan fingerprint density at radius 3 is 2.31 bits per heavy atom. The minimum Gasteiger partial charge on any atom is -0.366 e. The highest BCUT2D eigenvalue weighted by atomic mass is 16.2. The highest BCUT2D eigenvalue weighted by Crippen LogP contribution is 2.43. The fourth-order valence-corrected chi connectivity index (χ4v) is 4.01. The Bertz CT molecular complexity index is 1190. The molecule has 2 amide bonds. The molecule has 0 radical (unpaired) electrons. The number of primary amides is 1. The van der Waals surface area contributed by atoms with Crippen molar-refractivity contribution in [1.82, 2.24) is 0 Å². The lowest BCUT2D eigenvalue weighted by atomic mass is 10.0. The van der Waals surface area contributed by atoms with Crippen LogP contribution in [0.2, 0.25) is 0 Å². The lowest BCUT2D eigenvalue weighted by Crippen LogP contribution is -2.31. The molecule has 0 unspecified atom stereocenters. The SMILES string of the molecule is CC.CCCC(C)C.NC(=O)c1ccc2c(c1)C(=O)N1C2=Nc2cccc3cccc1c23. The average Bonchev–Trinajstić information content (AvgIpc) is 3.07. The van der Waals surface area contributed by atoms with E-state index >= 15 is 0 Å². The smallest absolute Gasteiger partial charge is 0.264 e. The zero-order valence-corrected chi connectivity index (χ0v) is 19.5. The summed E-state index contributed by atoms with van der Waals surface area (Å²) in [6.07, 6.45) is 2.71. The van der Waals surface area contributed by atoms with Crippen molar-refractivity contribution in [2.75, 3.05) is 4.90 Å². The second-order valence-electron chi connectivity index (χ2n) is 8.04. The number of carbonyl (C=O) groups is 2. The summed E-state index contributed by atoms with van der Waals surface area (Å²) in [7, 11) is 0. The predicted octanol–water partition coefficient (Wildman–Crippen LogP) is 6.46. The van der Waals surface area contributed by atoms with E-state index < -0.39 is 5.91 Å². The van der Waals surface area contributed by atoms with E-state index in [-0.39, 0.29) is 5.91 Å². The normalized spacial score (nSPS) is 12.9. The van der Waals surface area contributed by atoms with Gasteiger partial charge in [0.05, 0.1) is 16.9 Å². The van der Waals surface area contributed by atoms with Crippen LogP contribution in [0.4, 0.5) is 11.4 Å².